The molecule has 1 aliphatic heterocycles. The molecule has 1 saturated heterocycles. The lowest BCUT2D eigenvalue weighted by Gasteiger charge is -2.18. The Morgan fingerprint density at radius 1 is 1.36 bits per heavy atom. The van der Waals surface area contributed by atoms with Crippen molar-refractivity contribution in [2.75, 3.05) is 26.2 Å². The molecule has 1 heterocycles. The lowest BCUT2D eigenvalue weighted by molar-refractivity contribution is -0.128. The van der Waals surface area contributed by atoms with Crippen molar-refractivity contribution in [2.45, 2.75) is 45.6 Å². The average molecular weight is 304 g/mol. The van der Waals surface area contributed by atoms with Gasteiger partial charge >= 0.3 is 0 Å². The van der Waals surface area contributed by atoms with E-state index in [1.54, 1.807) is 0 Å². The molecule has 0 spiro atoms. The molecule has 0 saturated carbocycles. The molecule has 0 aromatic heterocycles. The Bertz CT molecular complexity index is 470. The third kappa shape index (κ3) is 5.34. The fourth-order valence-electron chi connectivity index (χ4n) is 2.81. The highest BCUT2D eigenvalue weighted by atomic mass is 16.5. The van der Waals surface area contributed by atoms with E-state index in [2.05, 4.69) is 10.2 Å². The summed E-state index contributed by atoms with van der Waals surface area (Å²) in [4.78, 5) is 14.7. The molecule has 1 amide bonds. The van der Waals surface area contributed by atoms with E-state index in [4.69, 9.17) is 4.74 Å². The van der Waals surface area contributed by atoms with Crippen LogP contribution in [0.4, 0.5) is 0 Å². The van der Waals surface area contributed by atoms with Crippen molar-refractivity contribution in [3.8, 4) is 5.75 Å². The second-order valence-corrected chi connectivity index (χ2v) is 6.02. The Balaban J connectivity index is 1.71. The van der Waals surface area contributed by atoms with Crippen molar-refractivity contribution < 1.29 is 9.53 Å². The van der Waals surface area contributed by atoms with Crippen LogP contribution in [0.25, 0.3) is 0 Å². The van der Waals surface area contributed by atoms with Crippen LogP contribution < -0.4 is 10.1 Å². The molecule has 0 radical (unpaired) electrons. The number of nitrogens with one attached hydrogen (secondary N) is 1. The number of hydrogen-bond acceptors (Lipinski definition) is 3. The summed E-state index contributed by atoms with van der Waals surface area (Å²) in [5, 5.41) is 3.00. The van der Waals surface area contributed by atoms with Gasteiger partial charge in [0.05, 0.1) is 0 Å². The number of carbonyl (C=O) groups excluding carboxylic acids is 1. The molecule has 1 aliphatic rings. The highest BCUT2D eigenvalue weighted by Crippen LogP contribution is 2.15. The van der Waals surface area contributed by atoms with E-state index in [0.29, 0.717) is 6.42 Å². The second kappa shape index (κ2) is 8.79. The molecule has 0 bridgehead atoms. The predicted molar refractivity (Wildman–Crippen MR) is 89.2 cm³/mol. The minimum atomic E-state index is -0.409. The zero-order valence-corrected chi connectivity index (χ0v) is 13.8. The smallest absolute Gasteiger partial charge is 0.261 e. The van der Waals surface area contributed by atoms with Gasteiger partial charge in [-0.1, -0.05) is 19.1 Å². The molecule has 1 atom stereocenters. The van der Waals surface area contributed by atoms with E-state index in [9.17, 15) is 4.79 Å². The number of carbonyl (C=O) groups is 1. The third-order valence-corrected chi connectivity index (χ3v) is 4.08. The van der Waals surface area contributed by atoms with Gasteiger partial charge in [-0.2, -0.15) is 0 Å². The van der Waals surface area contributed by atoms with E-state index in [1.165, 1.54) is 25.9 Å². The number of amides is 1. The topological polar surface area (TPSA) is 41.6 Å². The minimum absolute atomic E-state index is 0.00886. The zero-order valence-electron chi connectivity index (χ0n) is 13.8. The molecular weight excluding hydrogens is 276 g/mol. The van der Waals surface area contributed by atoms with Gasteiger partial charge in [0.15, 0.2) is 6.10 Å². The van der Waals surface area contributed by atoms with E-state index >= 15 is 0 Å². The molecule has 1 aromatic rings. The van der Waals surface area contributed by atoms with Crippen molar-refractivity contribution in [3.63, 3.8) is 0 Å². The van der Waals surface area contributed by atoms with Crippen molar-refractivity contribution >= 4 is 5.91 Å². The van der Waals surface area contributed by atoms with Crippen molar-refractivity contribution in [1.29, 1.82) is 0 Å². The van der Waals surface area contributed by atoms with E-state index < -0.39 is 6.10 Å². The first-order chi connectivity index (χ1) is 10.7. The summed E-state index contributed by atoms with van der Waals surface area (Å²) in [5.41, 5.74) is 1.14. The van der Waals surface area contributed by atoms with Crippen LogP contribution in [0.2, 0.25) is 0 Å². The van der Waals surface area contributed by atoms with E-state index in [0.717, 1.165) is 30.8 Å². The summed E-state index contributed by atoms with van der Waals surface area (Å²) in [7, 11) is 0. The number of ether oxygens (including phenoxy) is 1. The van der Waals surface area contributed by atoms with Gasteiger partial charge in [-0.3, -0.25) is 4.79 Å². The molecule has 22 heavy (non-hydrogen) atoms. The molecule has 1 N–H and O–H groups in total. The summed E-state index contributed by atoms with van der Waals surface area (Å²) in [6.07, 6.45) is 3.90. The maximum atomic E-state index is 12.2. The largest absolute Gasteiger partial charge is 0.481 e. The molecule has 0 unspecified atom stereocenters. The molecule has 122 valence electrons. The van der Waals surface area contributed by atoms with Gasteiger partial charge in [0, 0.05) is 6.54 Å². The van der Waals surface area contributed by atoms with Gasteiger partial charge in [-0.15, -0.1) is 0 Å². The standard InChI is InChI=1S/C18H28N2O2/c1-3-17(22-16-9-6-8-15(2)14-16)18(21)19-10-7-13-20-11-4-5-12-20/h6,8-9,14,17H,3-5,7,10-13H2,1-2H3,(H,19,21)/t17-/m1/s1. The van der Waals surface area contributed by atoms with Crippen LogP contribution in [0.5, 0.6) is 5.75 Å². The first kappa shape index (κ1) is 16.8. The van der Waals surface area contributed by atoms with Crippen molar-refractivity contribution in [1.82, 2.24) is 10.2 Å². The maximum absolute atomic E-state index is 12.2. The van der Waals surface area contributed by atoms with Gasteiger partial charge < -0.3 is 15.0 Å². The lowest BCUT2D eigenvalue weighted by atomic mass is 10.2. The van der Waals surface area contributed by atoms with Gasteiger partial charge in [0.1, 0.15) is 5.75 Å². The second-order valence-electron chi connectivity index (χ2n) is 6.02. The molecule has 0 aliphatic carbocycles. The molecule has 1 aromatic carbocycles. The van der Waals surface area contributed by atoms with Crippen LogP contribution in [0.3, 0.4) is 0 Å². The molecule has 4 nitrogen and oxygen atoms in total. The minimum Gasteiger partial charge on any atom is -0.481 e. The fraction of sp³-hybridized carbons (Fsp3) is 0.611. The van der Waals surface area contributed by atoms with Crippen molar-refractivity contribution in [3.05, 3.63) is 29.8 Å². The summed E-state index contributed by atoms with van der Waals surface area (Å²) >= 11 is 0. The Kier molecular flexibility index (Phi) is 6.72. The van der Waals surface area contributed by atoms with Crippen LogP contribution >= 0.6 is 0 Å². The number of hydrogen-bond donors (Lipinski definition) is 1. The summed E-state index contributed by atoms with van der Waals surface area (Å²) in [5.74, 6) is 0.754. The number of rotatable bonds is 8. The maximum Gasteiger partial charge on any atom is 0.261 e. The molecule has 4 heteroatoms. The van der Waals surface area contributed by atoms with Crippen LogP contribution in [-0.2, 0) is 4.79 Å². The first-order valence-corrected chi connectivity index (χ1v) is 8.42. The van der Waals surface area contributed by atoms with Crippen molar-refractivity contribution in [2.24, 2.45) is 0 Å². The first-order valence-electron chi connectivity index (χ1n) is 8.42. The number of nitrogens with zero attached hydrogens (tertiary/aromatic N) is 1. The SMILES string of the molecule is CC[C@@H](Oc1cccc(C)c1)C(=O)NCCCN1CCCC1. The van der Waals surface area contributed by atoms with Crippen LogP contribution in [0, 0.1) is 6.92 Å². The van der Waals surface area contributed by atoms with Crippen LogP contribution in [0.15, 0.2) is 24.3 Å². The van der Waals surface area contributed by atoms with E-state index in [-0.39, 0.29) is 5.91 Å². The molecular formula is C18H28N2O2. The normalized spacial score (nSPS) is 16.5. The Labute approximate surface area is 133 Å². The zero-order chi connectivity index (χ0) is 15.8. The fourth-order valence-corrected chi connectivity index (χ4v) is 2.81. The number of likely N-dealkylation sites (tertiary alicyclic amines) is 1. The molecule has 1 fully saturated rings. The summed E-state index contributed by atoms with van der Waals surface area (Å²) in [6, 6.07) is 7.83. The Morgan fingerprint density at radius 3 is 2.82 bits per heavy atom. The predicted octanol–water partition coefficient (Wildman–Crippen LogP) is 2.75. The Morgan fingerprint density at radius 2 is 2.14 bits per heavy atom. The Hall–Kier alpha value is -1.55. The highest BCUT2D eigenvalue weighted by molar-refractivity contribution is 5.81. The monoisotopic (exact) mass is 304 g/mol. The highest BCUT2D eigenvalue weighted by Gasteiger charge is 2.18. The van der Waals surface area contributed by atoms with E-state index in [1.807, 2.05) is 38.1 Å². The van der Waals surface area contributed by atoms with Crippen LogP contribution in [-0.4, -0.2) is 43.1 Å². The quantitative estimate of drug-likeness (QED) is 0.751. The number of aryl methyl sites for hydroxylation is 1. The van der Waals surface area contributed by atoms with Gasteiger partial charge in [0.2, 0.25) is 0 Å². The van der Waals surface area contributed by atoms with Gasteiger partial charge in [-0.05, 0) is 69.9 Å². The van der Waals surface area contributed by atoms with Gasteiger partial charge in [-0.25, -0.2) is 0 Å². The van der Waals surface area contributed by atoms with Gasteiger partial charge in [0.25, 0.3) is 5.91 Å². The van der Waals surface area contributed by atoms with Crippen LogP contribution in [0.1, 0.15) is 38.2 Å². The summed E-state index contributed by atoms with van der Waals surface area (Å²) in [6.45, 7) is 8.22. The summed E-state index contributed by atoms with van der Waals surface area (Å²) < 4.78 is 5.81. The lowest BCUT2D eigenvalue weighted by Crippen LogP contribution is -2.39. The number of benzene rings is 1. The molecule has 2 rings (SSSR count). The average Bonchev–Trinajstić information content (AvgIpc) is 3.02. The third-order valence-electron chi connectivity index (χ3n) is 4.08.